The van der Waals surface area contributed by atoms with Crippen LogP contribution in [-0.4, -0.2) is 23.0 Å². The minimum atomic E-state index is -0.810. The molecule has 1 heterocycles. The minimum absolute atomic E-state index is 0.414. The highest BCUT2D eigenvalue weighted by Gasteiger charge is 2.17. The highest BCUT2D eigenvalue weighted by Crippen LogP contribution is 2.03. The third kappa shape index (κ3) is 1.56. The van der Waals surface area contributed by atoms with Crippen LogP contribution in [0.5, 0.6) is 0 Å². The molecule has 1 aromatic rings. The van der Waals surface area contributed by atoms with Gasteiger partial charge < -0.3 is 15.5 Å². The molecule has 1 atom stereocenters. The van der Waals surface area contributed by atoms with Crippen LogP contribution in [-0.2, 0) is 9.53 Å². The van der Waals surface area contributed by atoms with Gasteiger partial charge in [0.15, 0.2) is 6.04 Å². The second kappa shape index (κ2) is 3.16. The van der Waals surface area contributed by atoms with E-state index < -0.39 is 12.0 Å². The molecule has 0 aromatic carbocycles. The van der Waals surface area contributed by atoms with Crippen LogP contribution < -0.4 is 5.73 Å². The molecule has 0 saturated carbocycles. The fourth-order valence-electron chi connectivity index (χ4n) is 0.686. The normalized spacial score (nSPS) is 12.5. The summed E-state index contributed by atoms with van der Waals surface area (Å²) in [6, 6.07) is -0.810. The maximum Gasteiger partial charge on any atom is 0.330 e. The molecule has 0 aliphatic carbocycles. The average Bonchev–Trinajstić information content (AvgIpc) is 2.53. The smallest absolute Gasteiger partial charge is 0.330 e. The number of rotatable bonds is 2. The van der Waals surface area contributed by atoms with Crippen LogP contribution in [0.2, 0.25) is 0 Å². The van der Waals surface area contributed by atoms with Crippen LogP contribution >= 0.6 is 0 Å². The Kier molecular flexibility index (Phi) is 2.22. The molecule has 11 heavy (non-hydrogen) atoms. The number of imidazole rings is 1. The molecule has 0 aliphatic heterocycles. The zero-order valence-electron chi connectivity index (χ0n) is 6.07. The third-order valence-corrected chi connectivity index (χ3v) is 1.27. The first-order valence-electron chi connectivity index (χ1n) is 3.08. The van der Waals surface area contributed by atoms with Crippen molar-refractivity contribution < 1.29 is 9.53 Å². The van der Waals surface area contributed by atoms with Crippen LogP contribution in [0.25, 0.3) is 0 Å². The molecule has 0 fully saturated rings. The number of hydrogen-bond donors (Lipinski definition) is 2. The minimum Gasteiger partial charge on any atom is -0.468 e. The number of nitrogens with zero attached hydrogens (tertiary/aromatic N) is 1. The fourth-order valence-corrected chi connectivity index (χ4v) is 0.686. The topological polar surface area (TPSA) is 81.0 Å². The number of H-pyrrole nitrogens is 1. The first kappa shape index (κ1) is 7.74. The number of aromatic amines is 1. The van der Waals surface area contributed by atoms with Crippen molar-refractivity contribution in [1.29, 1.82) is 0 Å². The first-order valence-corrected chi connectivity index (χ1v) is 3.08. The second-order valence-electron chi connectivity index (χ2n) is 1.98. The second-order valence-corrected chi connectivity index (χ2v) is 1.98. The van der Waals surface area contributed by atoms with Gasteiger partial charge in [-0.3, -0.25) is 0 Å². The van der Waals surface area contributed by atoms with Gasteiger partial charge in [0.2, 0.25) is 0 Å². The molecule has 0 bridgehead atoms. The molecule has 5 nitrogen and oxygen atoms in total. The summed E-state index contributed by atoms with van der Waals surface area (Å²) in [7, 11) is 1.28. The number of carbonyl (C=O) groups excluding carboxylic acids is 1. The average molecular weight is 155 g/mol. The number of esters is 1. The molecule has 0 saturated heterocycles. The predicted octanol–water partition coefficient (Wildman–Crippen LogP) is -0.418. The van der Waals surface area contributed by atoms with E-state index in [1.807, 2.05) is 0 Å². The van der Waals surface area contributed by atoms with Crippen LogP contribution in [0.1, 0.15) is 11.9 Å². The van der Waals surface area contributed by atoms with E-state index in [0.717, 1.165) is 0 Å². The molecule has 0 spiro atoms. The van der Waals surface area contributed by atoms with Crippen molar-refractivity contribution in [2.24, 2.45) is 5.73 Å². The molecule has 0 unspecified atom stereocenters. The third-order valence-electron chi connectivity index (χ3n) is 1.27. The molecule has 1 aromatic heterocycles. The van der Waals surface area contributed by atoms with Gasteiger partial charge in [-0.1, -0.05) is 0 Å². The van der Waals surface area contributed by atoms with E-state index in [-0.39, 0.29) is 0 Å². The zero-order chi connectivity index (χ0) is 8.27. The first-order chi connectivity index (χ1) is 5.25. The Morgan fingerprint density at radius 2 is 2.64 bits per heavy atom. The molecule has 1 rings (SSSR count). The lowest BCUT2D eigenvalue weighted by atomic mass is 10.3. The van der Waals surface area contributed by atoms with E-state index in [9.17, 15) is 4.79 Å². The lowest BCUT2D eigenvalue weighted by Gasteiger charge is -2.04. The largest absolute Gasteiger partial charge is 0.468 e. The quantitative estimate of drug-likeness (QED) is 0.568. The molecule has 0 aliphatic rings. The van der Waals surface area contributed by atoms with Crippen LogP contribution in [0.3, 0.4) is 0 Å². The maximum absolute atomic E-state index is 10.8. The molecule has 5 heteroatoms. The van der Waals surface area contributed by atoms with Gasteiger partial charge in [-0.2, -0.15) is 0 Å². The number of carbonyl (C=O) groups is 1. The summed E-state index contributed by atoms with van der Waals surface area (Å²) >= 11 is 0. The van der Waals surface area contributed by atoms with Crippen molar-refractivity contribution >= 4 is 5.97 Å². The summed E-state index contributed by atoms with van der Waals surface area (Å²) in [5, 5.41) is 0. The molecule has 3 N–H and O–H groups in total. The van der Waals surface area contributed by atoms with E-state index in [0.29, 0.717) is 5.82 Å². The van der Waals surface area contributed by atoms with Crippen LogP contribution in [0, 0.1) is 0 Å². The number of ether oxygens (including phenoxy) is 1. The number of methoxy groups -OCH3 is 1. The van der Waals surface area contributed by atoms with Crippen molar-refractivity contribution in [3.63, 3.8) is 0 Å². The van der Waals surface area contributed by atoms with E-state index >= 15 is 0 Å². The summed E-state index contributed by atoms with van der Waals surface area (Å²) in [5.74, 6) is -0.0863. The predicted molar refractivity (Wildman–Crippen MR) is 37.5 cm³/mol. The molecular weight excluding hydrogens is 146 g/mol. The Hall–Kier alpha value is -1.36. The van der Waals surface area contributed by atoms with E-state index in [1.165, 1.54) is 13.3 Å². The van der Waals surface area contributed by atoms with E-state index in [2.05, 4.69) is 14.7 Å². The van der Waals surface area contributed by atoms with E-state index in [1.54, 1.807) is 6.20 Å². The van der Waals surface area contributed by atoms with Gasteiger partial charge in [-0.15, -0.1) is 0 Å². The Balaban J connectivity index is 2.70. The van der Waals surface area contributed by atoms with Crippen molar-refractivity contribution in [2.75, 3.05) is 7.11 Å². The van der Waals surface area contributed by atoms with Crippen LogP contribution in [0.4, 0.5) is 0 Å². The standard InChI is InChI=1S/C6H9N3O2/c1-11-6(10)4(7)5-8-2-3-9-5/h2-4H,7H2,1H3,(H,8,9)/t4-/m0/s1. The number of nitrogens with one attached hydrogen (secondary N) is 1. The van der Waals surface area contributed by atoms with Crippen molar-refractivity contribution in [3.05, 3.63) is 18.2 Å². The molecular formula is C6H9N3O2. The van der Waals surface area contributed by atoms with Gasteiger partial charge >= 0.3 is 5.97 Å². The van der Waals surface area contributed by atoms with Crippen molar-refractivity contribution in [3.8, 4) is 0 Å². The van der Waals surface area contributed by atoms with Crippen LogP contribution in [0.15, 0.2) is 12.4 Å². The SMILES string of the molecule is COC(=O)[C@@H](N)c1ncc[nH]1. The lowest BCUT2D eigenvalue weighted by molar-refractivity contribution is -0.142. The molecule has 60 valence electrons. The lowest BCUT2D eigenvalue weighted by Crippen LogP contribution is -2.23. The van der Waals surface area contributed by atoms with Gasteiger partial charge in [0, 0.05) is 12.4 Å². The summed E-state index contributed by atoms with van der Waals surface area (Å²) in [6.45, 7) is 0. The van der Waals surface area contributed by atoms with Crippen molar-refractivity contribution in [1.82, 2.24) is 9.97 Å². The Morgan fingerprint density at radius 1 is 1.91 bits per heavy atom. The number of nitrogens with two attached hydrogens (primary N) is 1. The number of hydrogen-bond acceptors (Lipinski definition) is 4. The van der Waals surface area contributed by atoms with E-state index in [4.69, 9.17) is 5.73 Å². The zero-order valence-corrected chi connectivity index (χ0v) is 6.07. The van der Waals surface area contributed by atoms with Gasteiger partial charge in [0.1, 0.15) is 5.82 Å². The summed E-state index contributed by atoms with van der Waals surface area (Å²) < 4.78 is 4.41. The maximum atomic E-state index is 10.8. The molecule has 0 radical (unpaired) electrons. The highest BCUT2D eigenvalue weighted by molar-refractivity contribution is 5.75. The Morgan fingerprint density at radius 3 is 3.09 bits per heavy atom. The van der Waals surface area contributed by atoms with Gasteiger partial charge in [-0.05, 0) is 0 Å². The Bertz CT molecular complexity index is 232. The highest BCUT2D eigenvalue weighted by atomic mass is 16.5. The van der Waals surface area contributed by atoms with Gasteiger partial charge in [0.25, 0.3) is 0 Å². The molecule has 0 amide bonds. The summed E-state index contributed by atoms with van der Waals surface area (Å²) in [6.07, 6.45) is 3.12. The monoisotopic (exact) mass is 155 g/mol. The van der Waals surface area contributed by atoms with Gasteiger partial charge in [0.05, 0.1) is 7.11 Å². The van der Waals surface area contributed by atoms with Crippen molar-refractivity contribution in [2.45, 2.75) is 6.04 Å². The fraction of sp³-hybridized carbons (Fsp3) is 0.333. The summed E-state index contributed by atoms with van der Waals surface area (Å²) in [5.41, 5.74) is 5.43. The summed E-state index contributed by atoms with van der Waals surface area (Å²) in [4.78, 5) is 17.3. The van der Waals surface area contributed by atoms with Gasteiger partial charge in [-0.25, -0.2) is 9.78 Å². The Labute approximate surface area is 63.6 Å². The number of aromatic nitrogens is 2.